The van der Waals surface area contributed by atoms with Crippen LogP contribution in [0.15, 0.2) is 0 Å². The average molecular weight is 282 g/mol. The molecule has 1 fully saturated rings. The van der Waals surface area contributed by atoms with E-state index < -0.39 is 0 Å². The van der Waals surface area contributed by atoms with Crippen LogP contribution in [0.1, 0.15) is 66.2 Å². The smallest absolute Gasteiger partial charge is 0.104 e. The molecule has 4 unspecified atom stereocenters. The lowest BCUT2D eigenvalue weighted by Gasteiger charge is -2.31. The number of hydrogen-bond donors (Lipinski definition) is 1. The molecule has 1 aliphatic carbocycles. The summed E-state index contributed by atoms with van der Waals surface area (Å²) in [5, 5.41) is 14.2. The Hall–Kier alpha value is -0.200. The predicted octanol–water partition coefficient (Wildman–Crippen LogP) is 4.36. The summed E-state index contributed by atoms with van der Waals surface area (Å²) in [4.78, 5) is 0. The van der Waals surface area contributed by atoms with Crippen LogP contribution in [-0.2, 0) is 0 Å². The summed E-state index contributed by atoms with van der Waals surface area (Å²) < 4.78 is 0. The summed E-state index contributed by atoms with van der Waals surface area (Å²) >= 11 is 2.11. The Kier molecular flexibility index (Phi) is 7.25. The molecule has 1 aliphatic rings. The number of nitrogens with one attached hydrogen (secondary N) is 1. The Morgan fingerprint density at radius 1 is 1.47 bits per heavy atom. The van der Waals surface area contributed by atoms with Gasteiger partial charge in [-0.2, -0.15) is 17.0 Å². The van der Waals surface area contributed by atoms with E-state index in [2.05, 4.69) is 43.9 Å². The molecule has 0 aromatic carbocycles. The van der Waals surface area contributed by atoms with Gasteiger partial charge in [0.15, 0.2) is 0 Å². The first-order valence-electron chi connectivity index (χ1n) is 7.81. The maximum absolute atomic E-state index is 9.39. The highest BCUT2D eigenvalue weighted by molar-refractivity contribution is 8.00. The van der Waals surface area contributed by atoms with Crippen molar-refractivity contribution in [3.63, 3.8) is 0 Å². The standard InChI is InChI=1S/C16H30N2S/c1-5-9-18-16(4,12-17)11-14(3)19-15-8-6-7-13(2)10-15/h13-15,18H,5-11H2,1-4H3. The van der Waals surface area contributed by atoms with Gasteiger partial charge in [0.25, 0.3) is 0 Å². The lowest BCUT2D eigenvalue weighted by atomic mass is 9.90. The van der Waals surface area contributed by atoms with Crippen LogP contribution < -0.4 is 5.32 Å². The van der Waals surface area contributed by atoms with Gasteiger partial charge in [0, 0.05) is 10.5 Å². The van der Waals surface area contributed by atoms with Crippen molar-refractivity contribution >= 4 is 11.8 Å². The van der Waals surface area contributed by atoms with Crippen molar-refractivity contribution in [3.8, 4) is 6.07 Å². The second kappa shape index (κ2) is 8.17. The number of nitrogens with zero attached hydrogens (tertiary/aromatic N) is 1. The minimum Gasteiger partial charge on any atom is -0.300 e. The number of rotatable bonds is 7. The van der Waals surface area contributed by atoms with E-state index in [0.29, 0.717) is 5.25 Å². The van der Waals surface area contributed by atoms with Gasteiger partial charge in [-0.1, -0.05) is 33.6 Å². The summed E-state index contributed by atoms with van der Waals surface area (Å²) in [6.07, 6.45) is 7.54. The quantitative estimate of drug-likeness (QED) is 0.753. The van der Waals surface area contributed by atoms with Gasteiger partial charge in [-0.25, -0.2) is 0 Å². The summed E-state index contributed by atoms with van der Waals surface area (Å²) in [5.74, 6) is 0.888. The highest BCUT2D eigenvalue weighted by Gasteiger charge is 2.28. The lowest BCUT2D eigenvalue weighted by Crippen LogP contribution is -2.43. The molecular weight excluding hydrogens is 252 g/mol. The van der Waals surface area contributed by atoms with Gasteiger partial charge < -0.3 is 0 Å². The Balaban J connectivity index is 2.40. The van der Waals surface area contributed by atoms with Crippen molar-refractivity contribution in [2.75, 3.05) is 6.54 Å². The van der Waals surface area contributed by atoms with Crippen molar-refractivity contribution < 1.29 is 0 Å². The number of thioether (sulfide) groups is 1. The Morgan fingerprint density at radius 2 is 2.21 bits per heavy atom. The summed E-state index contributed by atoms with van der Waals surface area (Å²) in [7, 11) is 0. The fraction of sp³-hybridized carbons (Fsp3) is 0.938. The fourth-order valence-electron chi connectivity index (χ4n) is 3.01. The van der Waals surface area contributed by atoms with E-state index in [1.807, 2.05) is 6.92 Å². The van der Waals surface area contributed by atoms with Crippen LogP contribution in [-0.4, -0.2) is 22.6 Å². The molecule has 1 saturated carbocycles. The molecule has 0 aromatic rings. The van der Waals surface area contributed by atoms with Crippen LogP contribution in [0.5, 0.6) is 0 Å². The average Bonchev–Trinajstić information content (AvgIpc) is 2.36. The Bertz CT molecular complexity index is 300. The topological polar surface area (TPSA) is 35.8 Å². The van der Waals surface area contributed by atoms with Crippen molar-refractivity contribution in [3.05, 3.63) is 0 Å². The molecule has 0 bridgehead atoms. The highest BCUT2D eigenvalue weighted by atomic mass is 32.2. The zero-order chi connectivity index (χ0) is 14.3. The van der Waals surface area contributed by atoms with Gasteiger partial charge in [0.05, 0.1) is 6.07 Å². The van der Waals surface area contributed by atoms with E-state index in [1.165, 1.54) is 25.7 Å². The summed E-state index contributed by atoms with van der Waals surface area (Å²) in [5.41, 5.74) is -0.358. The van der Waals surface area contributed by atoms with Gasteiger partial charge in [0.1, 0.15) is 5.54 Å². The van der Waals surface area contributed by atoms with Crippen LogP contribution in [0.2, 0.25) is 0 Å². The normalized spacial score (nSPS) is 28.4. The molecule has 0 spiro atoms. The molecule has 4 atom stereocenters. The molecule has 19 heavy (non-hydrogen) atoms. The molecule has 0 saturated heterocycles. The van der Waals surface area contributed by atoms with Crippen LogP contribution in [0, 0.1) is 17.2 Å². The molecule has 110 valence electrons. The molecule has 0 aromatic heterocycles. The monoisotopic (exact) mass is 282 g/mol. The summed E-state index contributed by atoms with van der Waals surface area (Å²) in [6, 6.07) is 2.47. The van der Waals surface area contributed by atoms with Crippen LogP contribution >= 0.6 is 11.8 Å². The van der Waals surface area contributed by atoms with Crippen LogP contribution in [0.4, 0.5) is 0 Å². The molecule has 0 amide bonds. The van der Waals surface area contributed by atoms with Crippen LogP contribution in [0.25, 0.3) is 0 Å². The van der Waals surface area contributed by atoms with Gasteiger partial charge in [0.2, 0.25) is 0 Å². The van der Waals surface area contributed by atoms with E-state index >= 15 is 0 Å². The fourth-order valence-corrected chi connectivity index (χ4v) is 4.84. The third kappa shape index (κ3) is 6.19. The first kappa shape index (κ1) is 16.9. The third-order valence-corrected chi connectivity index (χ3v) is 5.47. The maximum Gasteiger partial charge on any atom is 0.104 e. The first-order chi connectivity index (χ1) is 8.99. The van der Waals surface area contributed by atoms with Gasteiger partial charge >= 0.3 is 0 Å². The zero-order valence-corrected chi connectivity index (χ0v) is 13.9. The van der Waals surface area contributed by atoms with Crippen molar-refractivity contribution in [2.24, 2.45) is 5.92 Å². The van der Waals surface area contributed by atoms with Crippen molar-refractivity contribution in [1.82, 2.24) is 5.32 Å². The number of nitriles is 1. The van der Waals surface area contributed by atoms with Gasteiger partial charge in [-0.3, -0.25) is 5.32 Å². The first-order valence-corrected chi connectivity index (χ1v) is 8.75. The second-order valence-corrected chi connectivity index (χ2v) is 8.16. The predicted molar refractivity (Wildman–Crippen MR) is 85.4 cm³/mol. The van der Waals surface area contributed by atoms with E-state index in [4.69, 9.17) is 0 Å². The third-order valence-electron chi connectivity index (χ3n) is 4.02. The molecule has 1 rings (SSSR count). The van der Waals surface area contributed by atoms with E-state index in [9.17, 15) is 5.26 Å². The van der Waals surface area contributed by atoms with Gasteiger partial charge in [-0.15, -0.1) is 0 Å². The molecule has 0 heterocycles. The lowest BCUT2D eigenvalue weighted by molar-refractivity contribution is 0.390. The van der Waals surface area contributed by atoms with Crippen LogP contribution in [0.3, 0.4) is 0 Å². The molecule has 2 nitrogen and oxygen atoms in total. The van der Waals surface area contributed by atoms with E-state index in [-0.39, 0.29) is 5.54 Å². The summed E-state index contributed by atoms with van der Waals surface area (Å²) in [6.45, 7) is 9.78. The Labute approximate surface area is 123 Å². The SMILES string of the molecule is CCCNC(C)(C#N)CC(C)SC1CCCC(C)C1. The molecular formula is C16H30N2S. The largest absolute Gasteiger partial charge is 0.300 e. The van der Waals surface area contributed by atoms with Gasteiger partial charge in [-0.05, 0) is 45.1 Å². The van der Waals surface area contributed by atoms with Crippen molar-refractivity contribution in [1.29, 1.82) is 5.26 Å². The molecule has 1 N–H and O–H groups in total. The second-order valence-electron chi connectivity index (χ2n) is 6.42. The highest BCUT2D eigenvalue weighted by Crippen LogP contribution is 2.36. The molecule has 0 aliphatic heterocycles. The molecule has 0 radical (unpaired) electrons. The minimum atomic E-state index is -0.358. The van der Waals surface area contributed by atoms with E-state index in [1.54, 1.807) is 0 Å². The van der Waals surface area contributed by atoms with Crippen molar-refractivity contribution in [2.45, 2.75) is 82.3 Å². The maximum atomic E-state index is 9.39. The molecule has 3 heteroatoms. The number of hydrogen-bond acceptors (Lipinski definition) is 3. The van der Waals surface area contributed by atoms with E-state index in [0.717, 1.165) is 30.6 Å². The Morgan fingerprint density at radius 3 is 2.79 bits per heavy atom. The zero-order valence-electron chi connectivity index (χ0n) is 13.0. The minimum absolute atomic E-state index is 0.358.